The third-order valence-corrected chi connectivity index (χ3v) is 6.66. The second-order valence-electron chi connectivity index (χ2n) is 7.63. The third-order valence-electron chi connectivity index (χ3n) is 5.47. The Kier molecular flexibility index (Phi) is 7.42. The van der Waals surface area contributed by atoms with E-state index in [1.54, 1.807) is 11.3 Å². The molecule has 5 heteroatoms. The Morgan fingerprint density at radius 1 is 1.31 bits per heavy atom. The molecule has 1 aliphatic carbocycles. The molecule has 0 unspecified atom stereocenters. The van der Waals surface area contributed by atoms with E-state index >= 15 is 0 Å². The highest BCUT2D eigenvalue weighted by Gasteiger charge is 2.35. The average Bonchev–Trinajstić information content (AvgIpc) is 3.23. The first kappa shape index (κ1) is 21.5. The molecule has 1 aliphatic rings. The van der Waals surface area contributed by atoms with Gasteiger partial charge in [0.25, 0.3) is 0 Å². The van der Waals surface area contributed by atoms with E-state index in [1.165, 1.54) is 0 Å². The number of allylic oxidation sites excluding steroid dienone is 3. The fourth-order valence-corrected chi connectivity index (χ4v) is 4.92. The van der Waals surface area contributed by atoms with Crippen molar-refractivity contribution in [2.45, 2.75) is 44.3 Å². The number of carboxylic acid groups (broad SMARTS) is 1. The van der Waals surface area contributed by atoms with Crippen molar-refractivity contribution >= 4 is 27.4 Å². The van der Waals surface area contributed by atoms with Crippen molar-refractivity contribution in [3.05, 3.63) is 71.7 Å². The minimum absolute atomic E-state index is 0.0256. The molecule has 4 nitrogen and oxygen atoms in total. The van der Waals surface area contributed by atoms with Gasteiger partial charge in [-0.2, -0.15) is 0 Å². The van der Waals surface area contributed by atoms with Gasteiger partial charge < -0.3 is 15.3 Å². The topological polar surface area (TPSA) is 77.8 Å². The van der Waals surface area contributed by atoms with Crippen molar-refractivity contribution in [1.29, 1.82) is 0 Å². The molecule has 3 rings (SSSR count). The van der Waals surface area contributed by atoms with Gasteiger partial charge in [0.2, 0.25) is 0 Å². The van der Waals surface area contributed by atoms with Crippen LogP contribution >= 0.6 is 11.3 Å². The van der Waals surface area contributed by atoms with Gasteiger partial charge in [-0.05, 0) is 49.1 Å². The number of fused-ring (bicyclic) bond motifs is 1. The molecule has 0 bridgehead atoms. The highest BCUT2D eigenvalue weighted by atomic mass is 32.1. The SMILES string of the molecule is C=C1C[C@H](O)[C@H](CC=CCCCC(=O)O)[C@H]1C=C[C@@H](O)c1cc2ccccc2s1. The monoisotopic (exact) mass is 412 g/mol. The van der Waals surface area contributed by atoms with E-state index in [0.717, 1.165) is 27.0 Å². The van der Waals surface area contributed by atoms with E-state index in [0.29, 0.717) is 19.3 Å². The quantitative estimate of drug-likeness (QED) is 0.388. The number of unbranched alkanes of at least 4 members (excludes halogenated alkanes) is 1. The van der Waals surface area contributed by atoms with Crippen LogP contribution in [0.25, 0.3) is 10.1 Å². The second kappa shape index (κ2) is 10.0. The molecule has 1 aromatic heterocycles. The molecular weight excluding hydrogens is 384 g/mol. The predicted molar refractivity (Wildman–Crippen MR) is 118 cm³/mol. The third kappa shape index (κ3) is 5.66. The lowest BCUT2D eigenvalue weighted by molar-refractivity contribution is -0.137. The van der Waals surface area contributed by atoms with Crippen molar-refractivity contribution in [3.8, 4) is 0 Å². The normalized spacial score (nSPS) is 23.5. The molecule has 2 aromatic rings. The number of carboxylic acids is 1. The zero-order valence-corrected chi connectivity index (χ0v) is 17.2. The summed E-state index contributed by atoms with van der Waals surface area (Å²) in [6.07, 6.45) is 9.49. The van der Waals surface area contributed by atoms with Crippen LogP contribution in [0.1, 0.15) is 43.1 Å². The maximum Gasteiger partial charge on any atom is 0.303 e. The van der Waals surface area contributed by atoms with E-state index in [4.69, 9.17) is 5.11 Å². The maximum atomic E-state index is 10.6. The zero-order valence-electron chi connectivity index (χ0n) is 16.4. The Hall–Kier alpha value is -2.21. The molecule has 4 atom stereocenters. The summed E-state index contributed by atoms with van der Waals surface area (Å²) in [5.41, 5.74) is 0.988. The largest absolute Gasteiger partial charge is 0.481 e. The summed E-state index contributed by atoms with van der Waals surface area (Å²) < 4.78 is 1.15. The number of aliphatic carboxylic acids is 1. The van der Waals surface area contributed by atoms with E-state index in [9.17, 15) is 15.0 Å². The van der Waals surface area contributed by atoms with Crippen LogP contribution in [0, 0.1) is 11.8 Å². The van der Waals surface area contributed by atoms with Crippen LogP contribution in [0.5, 0.6) is 0 Å². The highest BCUT2D eigenvalue weighted by molar-refractivity contribution is 7.19. The molecule has 0 radical (unpaired) electrons. The van der Waals surface area contributed by atoms with Gasteiger partial charge in [0.1, 0.15) is 6.10 Å². The molecule has 1 fully saturated rings. The fraction of sp³-hybridized carbons (Fsp3) is 0.375. The summed E-state index contributed by atoms with van der Waals surface area (Å²) in [5, 5.41) is 30.8. The Morgan fingerprint density at radius 2 is 2.10 bits per heavy atom. The van der Waals surface area contributed by atoms with Crippen molar-refractivity contribution in [2.75, 3.05) is 0 Å². The average molecular weight is 413 g/mol. The van der Waals surface area contributed by atoms with E-state index < -0.39 is 18.2 Å². The summed E-state index contributed by atoms with van der Waals surface area (Å²) in [5.74, 6) is -0.718. The van der Waals surface area contributed by atoms with Crippen molar-refractivity contribution in [1.82, 2.24) is 0 Å². The van der Waals surface area contributed by atoms with E-state index in [-0.39, 0.29) is 18.3 Å². The van der Waals surface area contributed by atoms with Gasteiger partial charge in [0, 0.05) is 21.9 Å². The van der Waals surface area contributed by atoms with Gasteiger partial charge in [-0.3, -0.25) is 4.79 Å². The van der Waals surface area contributed by atoms with Crippen molar-refractivity contribution in [3.63, 3.8) is 0 Å². The lowest BCUT2D eigenvalue weighted by atomic mass is 9.89. The fourth-order valence-electron chi connectivity index (χ4n) is 3.89. The van der Waals surface area contributed by atoms with Crippen LogP contribution in [0.3, 0.4) is 0 Å². The second-order valence-corrected chi connectivity index (χ2v) is 8.74. The first-order valence-electron chi connectivity index (χ1n) is 10.0. The standard InChI is InChI=1S/C24H28O4S/c1-16-14-21(26)19(9-4-2-3-5-11-24(27)28)18(16)12-13-20(25)23-15-17-8-6-7-10-22(17)29-23/h2,4,6-8,10,12-13,15,18-21,25-26H,1,3,5,9,11,14H2,(H,27,28)/t18-,19+,20+,21-/m0/s1. The summed E-state index contributed by atoms with van der Waals surface area (Å²) in [4.78, 5) is 11.5. The number of carbonyl (C=O) groups is 1. The lowest BCUT2D eigenvalue weighted by Crippen LogP contribution is -2.17. The Morgan fingerprint density at radius 3 is 2.86 bits per heavy atom. The Balaban J connectivity index is 1.61. The van der Waals surface area contributed by atoms with Crippen LogP contribution in [0.15, 0.2) is 66.8 Å². The summed E-state index contributed by atoms with van der Waals surface area (Å²) in [6.45, 7) is 4.12. The van der Waals surface area contributed by atoms with Gasteiger partial charge in [-0.25, -0.2) is 0 Å². The number of hydrogen-bond acceptors (Lipinski definition) is 4. The molecule has 1 saturated carbocycles. The van der Waals surface area contributed by atoms with Crippen molar-refractivity contribution in [2.24, 2.45) is 11.8 Å². The van der Waals surface area contributed by atoms with Gasteiger partial charge >= 0.3 is 5.97 Å². The van der Waals surface area contributed by atoms with Crippen LogP contribution in [-0.4, -0.2) is 27.4 Å². The van der Waals surface area contributed by atoms with Gasteiger partial charge in [-0.15, -0.1) is 11.3 Å². The summed E-state index contributed by atoms with van der Waals surface area (Å²) >= 11 is 1.59. The van der Waals surface area contributed by atoms with Gasteiger partial charge in [0.15, 0.2) is 0 Å². The Labute approximate surface area is 175 Å². The molecule has 0 spiro atoms. The number of rotatable bonds is 9. The van der Waals surface area contributed by atoms with Gasteiger partial charge in [0.05, 0.1) is 6.10 Å². The molecule has 3 N–H and O–H groups in total. The molecule has 1 heterocycles. The number of aliphatic hydroxyl groups excluding tert-OH is 2. The first-order chi connectivity index (χ1) is 14.0. The lowest BCUT2D eigenvalue weighted by Gasteiger charge is -2.18. The molecule has 29 heavy (non-hydrogen) atoms. The zero-order chi connectivity index (χ0) is 20.8. The van der Waals surface area contributed by atoms with Crippen LogP contribution in [0.2, 0.25) is 0 Å². The molecular formula is C24H28O4S. The van der Waals surface area contributed by atoms with Crippen LogP contribution in [-0.2, 0) is 4.79 Å². The highest BCUT2D eigenvalue weighted by Crippen LogP contribution is 2.40. The molecule has 0 aliphatic heterocycles. The first-order valence-corrected chi connectivity index (χ1v) is 10.8. The maximum absolute atomic E-state index is 10.6. The molecule has 0 saturated heterocycles. The number of benzene rings is 1. The van der Waals surface area contributed by atoms with Crippen molar-refractivity contribution < 1.29 is 20.1 Å². The summed E-state index contributed by atoms with van der Waals surface area (Å²) in [6, 6.07) is 10.1. The smallest absolute Gasteiger partial charge is 0.303 e. The van der Waals surface area contributed by atoms with Crippen LogP contribution < -0.4 is 0 Å². The van der Waals surface area contributed by atoms with Crippen LogP contribution in [0.4, 0.5) is 0 Å². The molecule has 1 aromatic carbocycles. The van der Waals surface area contributed by atoms with E-state index in [2.05, 4.69) is 6.58 Å². The van der Waals surface area contributed by atoms with E-state index in [1.807, 2.05) is 54.6 Å². The molecule has 154 valence electrons. The number of thiophene rings is 1. The molecule has 0 amide bonds. The number of aliphatic hydroxyl groups is 2. The van der Waals surface area contributed by atoms with Gasteiger partial charge in [-0.1, -0.05) is 54.7 Å². The minimum Gasteiger partial charge on any atom is -0.481 e. The Bertz CT molecular complexity index is 877. The number of hydrogen-bond donors (Lipinski definition) is 3. The minimum atomic E-state index is -0.775. The summed E-state index contributed by atoms with van der Waals surface area (Å²) in [7, 11) is 0. The predicted octanol–water partition coefficient (Wildman–Crippen LogP) is 5.25.